The Hall–Kier alpha value is -1.84. The second kappa shape index (κ2) is 6.29. The third-order valence-electron chi connectivity index (χ3n) is 3.75. The molecule has 2 nitrogen and oxygen atoms in total. The summed E-state index contributed by atoms with van der Waals surface area (Å²) in [5, 5.41) is 5.85. The van der Waals surface area contributed by atoms with Gasteiger partial charge in [0.2, 0.25) is 0 Å². The Balaban J connectivity index is 2.09. The molecule has 0 aliphatic carbocycles. The molecular formula is C18H18N2S. The maximum atomic E-state index is 4.40. The molecule has 0 aliphatic rings. The summed E-state index contributed by atoms with van der Waals surface area (Å²) < 4.78 is 0. The molecule has 21 heavy (non-hydrogen) atoms. The van der Waals surface area contributed by atoms with Crippen LogP contribution in [0.3, 0.4) is 0 Å². The van der Waals surface area contributed by atoms with Crippen molar-refractivity contribution in [3.05, 3.63) is 72.1 Å². The third kappa shape index (κ3) is 2.80. The van der Waals surface area contributed by atoms with Crippen molar-refractivity contribution in [3.63, 3.8) is 0 Å². The largest absolute Gasteiger partial charge is 0.309 e. The van der Waals surface area contributed by atoms with Crippen LogP contribution in [-0.2, 0) is 0 Å². The van der Waals surface area contributed by atoms with Gasteiger partial charge in [0.25, 0.3) is 0 Å². The second-order valence-corrected chi connectivity index (χ2v) is 5.82. The Morgan fingerprint density at radius 2 is 1.76 bits per heavy atom. The topological polar surface area (TPSA) is 24.9 Å². The van der Waals surface area contributed by atoms with E-state index in [1.807, 2.05) is 19.4 Å². The van der Waals surface area contributed by atoms with Crippen molar-refractivity contribution in [3.8, 4) is 0 Å². The van der Waals surface area contributed by atoms with Crippen LogP contribution in [-0.4, -0.2) is 18.3 Å². The summed E-state index contributed by atoms with van der Waals surface area (Å²) >= 11 is 1.76. The molecule has 0 saturated carbocycles. The normalized spacial score (nSPS) is 12.5. The van der Waals surface area contributed by atoms with Crippen molar-refractivity contribution in [2.24, 2.45) is 0 Å². The summed E-state index contributed by atoms with van der Waals surface area (Å²) in [5.41, 5.74) is 2.47. The first-order valence-electron chi connectivity index (χ1n) is 6.97. The summed E-state index contributed by atoms with van der Waals surface area (Å²) in [6, 6.07) is 17.3. The van der Waals surface area contributed by atoms with Gasteiger partial charge in [0.1, 0.15) is 0 Å². The molecule has 3 heteroatoms. The average molecular weight is 294 g/mol. The van der Waals surface area contributed by atoms with Crippen molar-refractivity contribution in [2.45, 2.75) is 10.9 Å². The van der Waals surface area contributed by atoms with E-state index in [2.05, 4.69) is 65.1 Å². The first-order valence-corrected chi connectivity index (χ1v) is 8.20. The molecule has 1 atom stereocenters. The molecule has 1 heterocycles. The van der Waals surface area contributed by atoms with Crippen LogP contribution < -0.4 is 5.32 Å². The van der Waals surface area contributed by atoms with Gasteiger partial charge in [-0.05, 0) is 41.9 Å². The molecule has 0 spiro atoms. The molecule has 3 rings (SSSR count). The van der Waals surface area contributed by atoms with E-state index < -0.39 is 0 Å². The summed E-state index contributed by atoms with van der Waals surface area (Å²) in [7, 11) is 1.99. The van der Waals surface area contributed by atoms with Gasteiger partial charge in [0.15, 0.2) is 0 Å². The van der Waals surface area contributed by atoms with E-state index in [9.17, 15) is 0 Å². The predicted molar refractivity (Wildman–Crippen MR) is 90.9 cm³/mol. The lowest BCUT2D eigenvalue weighted by Gasteiger charge is -2.19. The van der Waals surface area contributed by atoms with Crippen LogP contribution in [0.2, 0.25) is 0 Å². The molecule has 3 aromatic rings. The first kappa shape index (κ1) is 14.1. The maximum Gasteiger partial charge on any atom is 0.0595 e. The lowest BCUT2D eigenvalue weighted by molar-refractivity contribution is 0.693. The van der Waals surface area contributed by atoms with Gasteiger partial charge < -0.3 is 5.32 Å². The van der Waals surface area contributed by atoms with Gasteiger partial charge in [-0.15, -0.1) is 11.8 Å². The molecule has 0 fully saturated rings. The molecule has 0 aliphatic heterocycles. The van der Waals surface area contributed by atoms with E-state index in [1.165, 1.54) is 26.8 Å². The zero-order chi connectivity index (χ0) is 14.7. The molecule has 0 amide bonds. The second-order valence-electron chi connectivity index (χ2n) is 4.94. The number of hydrogen-bond acceptors (Lipinski definition) is 3. The Bertz CT molecular complexity index is 732. The van der Waals surface area contributed by atoms with Crippen LogP contribution in [0.25, 0.3) is 10.8 Å². The highest BCUT2D eigenvalue weighted by Gasteiger charge is 2.15. The fourth-order valence-corrected chi connectivity index (χ4v) is 3.08. The zero-order valence-electron chi connectivity index (χ0n) is 12.2. The Labute approximate surface area is 129 Å². The third-order valence-corrected chi connectivity index (χ3v) is 4.49. The number of rotatable bonds is 4. The van der Waals surface area contributed by atoms with Gasteiger partial charge in [-0.25, -0.2) is 0 Å². The fourth-order valence-electron chi connectivity index (χ4n) is 2.67. The summed E-state index contributed by atoms with van der Waals surface area (Å²) in [5.74, 6) is 0. The van der Waals surface area contributed by atoms with Gasteiger partial charge in [0, 0.05) is 22.7 Å². The van der Waals surface area contributed by atoms with Gasteiger partial charge in [-0.1, -0.05) is 36.4 Å². The van der Waals surface area contributed by atoms with Crippen LogP contribution in [0.5, 0.6) is 0 Å². The zero-order valence-corrected chi connectivity index (χ0v) is 13.0. The molecule has 0 saturated heterocycles. The van der Waals surface area contributed by atoms with E-state index in [0.717, 1.165) is 0 Å². The van der Waals surface area contributed by atoms with Gasteiger partial charge >= 0.3 is 0 Å². The maximum absolute atomic E-state index is 4.40. The van der Waals surface area contributed by atoms with Gasteiger partial charge in [0.05, 0.1) is 6.04 Å². The van der Waals surface area contributed by atoms with Crippen molar-refractivity contribution in [1.29, 1.82) is 0 Å². The SMILES string of the molecule is CNC(c1ccc(SC)cc1)c1cncc2ccccc12. The lowest BCUT2D eigenvalue weighted by Crippen LogP contribution is -2.18. The number of fused-ring (bicyclic) bond motifs is 1. The van der Waals surface area contributed by atoms with Crippen LogP contribution in [0, 0.1) is 0 Å². The minimum atomic E-state index is 0.152. The lowest BCUT2D eigenvalue weighted by atomic mass is 9.96. The standard InChI is InChI=1S/C18H18N2S/c1-19-18(13-7-9-15(21-2)10-8-13)17-12-20-11-14-5-3-4-6-16(14)17/h3-12,18-19H,1-2H3. The van der Waals surface area contributed by atoms with Crippen molar-refractivity contribution < 1.29 is 0 Å². The Morgan fingerprint density at radius 1 is 1.00 bits per heavy atom. The number of thioether (sulfide) groups is 1. The van der Waals surface area contributed by atoms with E-state index in [0.29, 0.717) is 0 Å². The van der Waals surface area contributed by atoms with E-state index >= 15 is 0 Å². The van der Waals surface area contributed by atoms with Gasteiger partial charge in [-0.2, -0.15) is 0 Å². The summed E-state index contributed by atoms with van der Waals surface area (Å²) in [6.07, 6.45) is 5.98. The highest BCUT2D eigenvalue weighted by Crippen LogP contribution is 2.28. The average Bonchev–Trinajstić information content (AvgIpc) is 2.56. The van der Waals surface area contributed by atoms with E-state index in [4.69, 9.17) is 0 Å². The number of hydrogen-bond donors (Lipinski definition) is 1. The highest BCUT2D eigenvalue weighted by molar-refractivity contribution is 7.98. The molecular weight excluding hydrogens is 276 g/mol. The van der Waals surface area contributed by atoms with Crippen LogP contribution in [0.1, 0.15) is 17.2 Å². The van der Waals surface area contributed by atoms with Crippen LogP contribution in [0.4, 0.5) is 0 Å². The number of aromatic nitrogens is 1. The number of pyridine rings is 1. The minimum Gasteiger partial charge on any atom is -0.309 e. The van der Waals surface area contributed by atoms with Crippen molar-refractivity contribution in [2.75, 3.05) is 13.3 Å². The fraction of sp³-hybridized carbons (Fsp3) is 0.167. The number of nitrogens with zero attached hydrogens (tertiary/aromatic N) is 1. The van der Waals surface area contributed by atoms with Crippen LogP contribution in [0.15, 0.2) is 65.8 Å². The molecule has 1 N–H and O–H groups in total. The van der Waals surface area contributed by atoms with Crippen LogP contribution >= 0.6 is 11.8 Å². The molecule has 2 aromatic carbocycles. The quantitative estimate of drug-likeness (QED) is 0.728. The van der Waals surface area contributed by atoms with Crippen molar-refractivity contribution >= 4 is 22.5 Å². The van der Waals surface area contributed by atoms with E-state index in [-0.39, 0.29) is 6.04 Å². The predicted octanol–water partition coefficient (Wildman–Crippen LogP) is 4.27. The smallest absolute Gasteiger partial charge is 0.0595 e. The van der Waals surface area contributed by atoms with E-state index in [1.54, 1.807) is 11.8 Å². The number of benzene rings is 2. The first-order chi connectivity index (χ1) is 10.3. The van der Waals surface area contributed by atoms with Crippen molar-refractivity contribution in [1.82, 2.24) is 10.3 Å². The molecule has 106 valence electrons. The Morgan fingerprint density at radius 3 is 2.48 bits per heavy atom. The molecule has 1 unspecified atom stereocenters. The molecule has 0 bridgehead atoms. The Kier molecular flexibility index (Phi) is 4.23. The molecule has 0 radical (unpaired) electrons. The van der Waals surface area contributed by atoms with Gasteiger partial charge in [-0.3, -0.25) is 4.98 Å². The summed E-state index contributed by atoms with van der Waals surface area (Å²) in [4.78, 5) is 5.68. The summed E-state index contributed by atoms with van der Waals surface area (Å²) in [6.45, 7) is 0. The monoisotopic (exact) mass is 294 g/mol. The highest BCUT2D eigenvalue weighted by atomic mass is 32.2. The molecule has 1 aromatic heterocycles. The number of nitrogens with one attached hydrogen (secondary N) is 1. The minimum absolute atomic E-state index is 0.152.